The van der Waals surface area contributed by atoms with Crippen molar-refractivity contribution >= 4 is 28.9 Å². The number of nitro groups is 1. The Morgan fingerprint density at radius 1 is 1.55 bits per heavy atom. The maximum Gasteiger partial charge on any atom is 0.271 e. The van der Waals surface area contributed by atoms with Gasteiger partial charge in [-0.1, -0.05) is 18.5 Å². The molecule has 1 aliphatic heterocycles. The van der Waals surface area contributed by atoms with Gasteiger partial charge in [0.2, 0.25) is 5.91 Å². The molecule has 1 saturated heterocycles. The average molecular weight is 326 g/mol. The van der Waals surface area contributed by atoms with Crippen LogP contribution in [-0.2, 0) is 4.79 Å². The predicted octanol–water partition coefficient (Wildman–Crippen LogP) is 3.05. The number of non-ortho nitro benzene ring substituents is 1. The first-order valence-electron chi connectivity index (χ1n) is 7.41. The van der Waals surface area contributed by atoms with Crippen LogP contribution in [0.15, 0.2) is 12.1 Å². The van der Waals surface area contributed by atoms with Crippen LogP contribution in [0.5, 0.6) is 0 Å². The first-order chi connectivity index (χ1) is 10.4. The van der Waals surface area contributed by atoms with Crippen LogP contribution in [0.1, 0.15) is 31.7 Å². The summed E-state index contributed by atoms with van der Waals surface area (Å²) in [7, 11) is 0. The number of nitrogens with zero attached hydrogens (tertiary/aromatic N) is 2. The van der Waals surface area contributed by atoms with Gasteiger partial charge in [0.1, 0.15) is 0 Å². The van der Waals surface area contributed by atoms with E-state index in [1.165, 1.54) is 12.1 Å². The Kier molecular flexibility index (Phi) is 5.24. The maximum atomic E-state index is 11.5. The van der Waals surface area contributed by atoms with Gasteiger partial charge in [-0.05, 0) is 25.3 Å². The van der Waals surface area contributed by atoms with Crippen molar-refractivity contribution in [1.82, 2.24) is 5.32 Å². The van der Waals surface area contributed by atoms with E-state index in [1.54, 1.807) is 0 Å². The molecule has 1 atom stereocenters. The molecule has 1 amide bonds. The van der Waals surface area contributed by atoms with Crippen molar-refractivity contribution < 1.29 is 9.72 Å². The van der Waals surface area contributed by atoms with E-state index in [-0.39, 0.29) is 17.6 Å². The van der Waals surface area contributed by atoms with Gasteiger partial charge >= 0.3 is 0 Å². The number of benzene rings is 1. The van der Waals surface area contributed by atoms with Gasteiger partial charge in [0.15, 0.2) is 0 Å². The molecule has 0 bridgehead atoms. The van der Waals surface area contributed by atoms with E-state index in [0.717, 1.165) is 30.6 Å². The monoisotopic (exact) mass is 325 g/mol. The molecule has 6 nitrogen and oxygen atoms in total. The molecule has 0 aromatic heterocycles. The van der Waals surface area contributed by atoms with E-state index >= 15 is 0 Å². The summed E-state index contributed by atoms with van der Waals surface area (Å²) < 4.78 is 0. The smallest absolute Gasteiger partial charge is 0.271 e. The Hall–Kier alpha value is -1.82. The van der Waals surface area contributed by atoms with E-state index in [2.05, 4.69) is 10.2 Å². The lowest BCUT2D eigenvalue weighted by molar-refractivity contribution is -0.384. The lowest BCUT2D eigenvalue weighted by atomic mass is 10.0. The number of hydrogen-bond donors (Lipinski definition) is 1. The Balaban J connectivity index is 2.20. The molecule has 1 aromatic rings. The number of halogens is 1. The van der Waals surface area contributed by atoms with Gasteiger partial charge in [-0.15, -0.1) is 0 Å². The molecule has 0 aliphatic carbocycles. The highest BCUT2D eigenvalue weighted by molar-refractivity contribution is 6.33. The fourth-order valence-corrected chi connectivity index (χ4v) is 3.23. The summed E-state index contributed by atoms with van der Waals surface area (Å²) in [5.74, 6) is 0.0402. The molecular formula is C15H20ClN3O3. The molecule has 1 N–H and O–H groups in total. The van der Waals surface area contributed by atoms with E-state index in [0.29, 0.717) is 18.0 Å². The Morgan fingerprint density at radius 3 is 2.86 bits per heavy atom. The lowest BCUT2D eigenvalue weighted by Gasteiger charge is -2.36. The zero-order valence-electron chi connectivity index (χ0n) is 12.8. The molecule has 22 heavy (non-hydrogen) atoms. The minimum absolute atomic E-state index is 0.000838. The van der Waals surface area contributed by atoms with Crippen LogP contribution >= 0.6 is 11.6 Å². The van der Waals surface area contributed by atoms with Gasteiger partial charge in [0, 0.05) is 37.7 Å². The highest BCUT2D eigenvalue weighted by Gasteiger charge is 2.25. The number of anilines is 1. The normalized spacial score (nSPS) is 18.1. The lowest BCUT2D eigenvalue weighted by Crippen LogP contribution is -2.48. The third-order valence-corrected chi connectivity index (χ3v) is 4.16. The SMILES string of the molecule is CCC(=O)NC1CCCN(c2c(C)cc([N+](=O)[O-])cc2Cl)C1. The zero-order valence-corrected chi connectivity index (χ0v) is 13.5. The third kappa shape index (κ3) is 3.68. The summed E-state index contributed by atoms with van der Waals surface area (Å²) in [4.78, 5) is 24.1. The molecule has 1 aliphatic rings. The number of aryl methyl sites for hydroxylation is 1. The topological polar surface area (TPSA) is 75.5 Å². The first kappa shape index (κ1) is 16.5. The number of amides is 1. The zero-order chi connectivity index (χ0) is 16.3. The third-order valence-electron chi connectivity index (χ3n) is 3.87. The number of hydrogen-bond acceptors (Lipinski definition) is 4. The van der Waals surface area contributed by atoms with Crippen molar-refractivity contribution in [3.63, 3.8) is 0 Å². The van der Waals surface area contributed by atoms with Crippen molar-refractivity contribution in [3.8, 4) is 0 Å². The number of piperidine rings is 1. The summed E-state index contributed by atoms with van der Waals surface area (Å²) >= 11 is 6.26. The van der Waals surface area contributed by atoms with Crippen molar-refractivity contribution in [1.29, 1.82) is 0 Å². The molecular weight excluding hydrogens is 306 g/mol. The summed E-state index contributed by atoms with van der Waals surface area (Å²) in [6.45, 7) is 5.15. The number of nitro benzene ring substituents is 1. The van der Waals surface area contributed by atoms with Gasteiger partial charge in [0.05, 0.1) is 15.6 Å². The van der Waals surface area contributed by atoms with Crippen molar-refractivity contribution in [2.24, 2.45) is 0 Å². The molecule has 1 aromatic carbocycles. The molecule has 0 spiro atoms. The van der Waals surface area contributed by atoms with E-state index in [4.69, 9.17) is 11.6 Å². The molecule has 2 rings (SSSR count). The molecule has 1 heterocycles. The molecule has 1 unspecified atom stereocenters. The summed E-state index contributed by atoms with van der Waals surface area (Å²) in [6.07, 6.45) is 2.35. The summed E-state index contributed by atoms with van der Waals surface area (Å²) in [6, 6.07) is 3.01. The minimum atomic E-state index is -0.441. The second kappa shape index (κ2) is 6.96. The quantitative estimate of drug-likeness (QED) is 0.682. The first-order valence-corrected chi connectivity index (χ1v) is 7.79. The molecule has 0 saturated carbocycles. The summed E-state index contributed by atoms with van der Waals surface area (Å²) in [5, 5.41) is 14.3. The van der Waals surface area contributed by atoms with Crippen LogP contribution in [0.2, 0.25) is 5.02 Å². The van der Waals surface area contributed by atoms with Crippen LogP contribution < -0.4 is 10.2 Å². The van der Waals surface area contributed by atoms with Crippen LogP contribution in [-0.4, -0.2) is 30.0 Å². The fraction of sp³-hybridized carbons (Fsp3) is 0.533. The average Bonchev–Trinajstić information content (AvgIpc) is 2.46. The van der Waals surface area contributed by atoms with Gasteiger partial charge in [0.25, 0.3) is 5.69 Å². The van der Waals surface area contributed by atoms with Gasteiger partial charge in [-0.25, -0.2) is 0 Å². The van der Waals surface area contributed by atoms with Gasteiger partial charge in [-0.3, -0.25) is 14.9 Å². The fourth-order valence-electron chi connectivity index (χ4n) is 2.85. The molecule has 0 radical (unpaired) electrons. The van der Waals surface area contributed by atoms with Crippen molar-refractivity contribution in [3.05, 3.63) is 32.8 Å². The van der Waals surface area contributed by atoms with E-state index in [1.807, 2.05) is 13.8 Å². The van der Waals surface area contributed by atoms with Gasteiger partial charge in [-0.2, -0.15) is 0 Å². The highest BCUT2D eigenvalue weighted by Crippen LogP contribution is 2.35. The summed E-state index contributed by atoms with van der Waals surface area (Å²) in [5.41, 5.74) is 1.60. The second-order valence-electron chi connectivity index (χ2n) is 5.56. The maximum absolute atomic E-state index is 11.5. The van der Waals surface area contributed by atoms with Crippen molar-refractivity contribution in [2.75, 3.05) is 18.0 Å². The Labute approximate surface area is 134 Å². The number of carbonyl (C=O) groups excluding carboxylic acids is 1. The van der Waals surface area contributed by atoms with E-state index in [9.17, 15) is 14.9 Å². The van der Waals surface area contributed by atoms with Crippen LogP contribution in [0, 0.1) is 17.0 Å². The molecule has 7 heteroatoms. The minimum Gasteiger partial charge on any atom is -0.368 e. The van der Waals surface area contributed by atoms with Crippen LogP contribution in [0.3, 0.4) is 0 Å². The Morgan fingerprint density at radius 2 is 2.27 bits per heavy atom. The van der Waals surface area contributed by atoms with Crippen molar-refractivity contribution in [2.45, 2.75) is 39.2 Å². The second-order valence-corrected chi connectivity index (χ2v) is 5.96. The van der Waals surface area contributed by atoms with Crippen LogP contribution in [0.25, 0.3) is 0 Å². The standard InChI is InChI=1S/C15H20ClN3O3/c1-3-14(20)17-11-5-4-6-18(9-11)15-10(2)7-12(19(21)22)8-13(15)16/h7-8,11H,3-6,9H2,1-2H3,(H,17,20). The van der Waals surface area contributed by atoms with Gasteiger partial charge < -0.3 is 10.2 Å². The largest absolute Gasteiger partial charge is 0.368 e. The number of carbonyl (C=O) groups is 1. The Bertz CT molecular complexity index is 568. The number of nitrogens with one attached hydrogen (secondary N) is 1. The molecule has 1 fully saturated rings. The van der Waals surface area contributed by atoms with E-state index < -0.39 is 4.92 Å². The van der Waals surface area contributed by atoms with Crippen LogP contribution in [0.4, 0.5) is 11.4 Å². The molecule has 120 valence electrons. The highest BCUT2D eigenvalue weighted by atomic mass is 35.5. The number of rotatable bonds is 4. The predicted molar refractivity (Wildman–Crippen MR) is 86.5 cm³/mol.